The molecule has 4 rings (SSSR count). The SMILES string of the molecule is O=C(Cc1ccccc1Cl)N=C1S[C@H]2CS(=O)(=O)C[C@@H]2N1c1ccccc1. The Morgan fingerprint density at radius 2 is 1.81 bits per heavy atom. The second-order valence-corrected chi connectivity index (χ2v) is 10.3. The zero-order valence-electron chi connectivity index (χ0n) is 14.3. The molecule has 1 amide bonds. The second-order valence-electron chi connectivity index (χ2n) is 6.56. The summed E-state index contributed by atoms with van der Waals surface area (Å²) in [6.07, 6.45) is 0.111. The summed E-state index contributed by atoms with van der Waals surface area (Å²) in [5.41, 5.74) is 1.57. The lowest BCUT2D eigenvalue weighted by atomic mass is 10.1. The highest BCUT2D eigenvalue weighted by molar-refractivity contribution is 8.16. The molecule has 0 unspecified atom stereocenters. The number of thioether (sulfide) groups is 1. The molecule has 27 heavy (non-hydrogen) atoms. The first-order chi connectivity index (χ1) is 12.9. The summed E-state index contributed by atoms with van der Waals surface area (Å²) in [5, 5.41) is 0.984. The maximum atomic E-state index is 12.5. The summed E-state index contributed by atoms with van der Waals surface area (Å²) in [6.45, 7) is 0. The minimum Gasteiger partial charge on any atom is -0.316 e. The number of carbonyl (C=O) groups is 1. The zero-order valence-corrected chi connectivity index (χ0v) is 16.7. The van der Waals surface area contributed by atoms with Crippen LogP contribution in [-0.2, 0) is 21.1 Å². The molecule has 2 aromatic rings. The van der Waals surface area contributed by atoms with Crippen LogP contribution in [0.2, 0.25) is 5.02 Å². The third kappa shape index (κ3) is 3.90. The molecule has 2 aromatic carbocycles. The Morgan fingerprint density at radius 3 is 2.56 bits per heavy atom. The molecule has 2 saturated heterocycles. The molecule has 0 N–H and O–H groups in total. The highest BCUT2D eigenvalue weighted by Gasteiger charge is 2.49. The first kappa shape index (κ1) is 18.5. The van der Waals surface area contributed by atoms with E-state index in [9.17, 15) is 13.2 Å². The number of hydrogen-bond acceptors (Lipinski definition) is 4. The van der Waals surface area contributed by atoms with Gasteiger partial charge in [0.25, 0.3) is 5.91 Å². The Kier molecular flexibility index (Phi) is 5.01. The van der Waals surface area contributed by atoms with Crippen molar-refractivity contribution in [1.82, 2.24) is 0 Å². The van der Waals surface area contributed by atoms with Crippen molar-refractivity contribution in [2.45, 2.75) is 17.7 Å². The minimum atomic E-state index is -3.07. The minimum absolute atomic E-state index is 0.0806. The number of rotatable bonds is 3. The zero-order chi connectivity index (χ0) is 19.0. The number of hydrogen-bond donors (Lipinski definition) is 0. The molecule has 2 aliphatic rings. The van der Waals surface area contributed by atoms with Crippen molar-refractivity contribution < 1.29 is 13.2 Å². The Morgan fingerprint density at radius 1 is 1.11 bits per heavy atom. The maximum Gasteiger partial charge on any atom is 0.252 e. The number of carbonyl (C=O) groups excluding carboxylic acids is 1. The summed E-state index contributed by atoms with van der Waals surface area (Å²) >= 11 is 7.51. The van der Waals surface area contributed by atoms with E-state index in [1.807, 2.05) is 47.4 Å². The van der Waals surface area contributed by atoms with Gasteiger partial charge in [0.05, 0.1) is 24.0 Å². The van der Waals surface area contributed by atoms with E-state index in [2.05, 4.69) is 4.99 Å². The Balaban J connectivity index is 1.64. The molecule has 2 aliphatic heterocycles. The van der Waals surface area contributed by atoms with E-state index in [0.717, 1.165) is 11.3 Å². The van der Waals surface area contributed by atoms with Crippen LogP contribution in [0, 0.1) is 0 Å². The molecule has 0 aromatic heterocycles. The summed E-state index contributed by atoms with van der Waals surface area (Å²) in [5.74, 6) is -0.102. The molecule has 2 heterocycles. The van der Waals surface area contributed by atoms with Gasteiger partial charge in [0.1, 0.15) is 0 Å². The summed E-state index contributed by atoms with van der Waals surface area (Å²) in [7, 11) is -3.07. The lowest BCUT2D eigenvalue weighted by Crippen LogP contribution is -2.37. The number of sulfone groups is 1. The van der Waals surface area contributed by atoms with E-state index in [4.69, 9.17) is 11.6 Å². The van der Waals surface area contributed by atoms with Gasteiger partial charge < -0.3 is 4.90 Å². The fraction of sp³-hybridized carbons (Fsp3) is 0.263. The summed E-state index contributed by atoms with van der Waals surface area (Å²) < 4.78 is 24.1. The van der Waals surface area contributed by atoms with Crippen molar-refractivity contribution in [2.24, 2.45) is 4.99 Å². The van der Waals surface area contributed by atoms with Gasteiger partial charge in [0.15, 0.2) is 15.0 Å². The van der Waals surface area contributed by atoms with E-state index in [-0.39, 0.29) is 35.1 Å². The predicted octanol–water partition coefficient (Wildman–Crippen LogP) is 3.18. The molecule has 2 fully saturated rings. The topological polar surface area (TPSA) is 66.8 Å². The van der Waals surface area contributed by atoms with Crippen molar-refractivity contribution in [3.05, 3.63) is 65.2 Å². The maximum absolute atomic E-state index is 12.5. The molecular formula is C19H17ClN2O3S2. The first-order valence-corrected chi connectivity index (χ1v) is 11.6. The fourth-order valence-corrected chi connectivity index (χ4v) is 7.54. The van der Waals surface area contributed by atoms with E-state index in [1.54, 1.807) is 12.1 Å². The largest absolute Gasteiger partial charge is 0.316 e. The molecule has 2 atom stereocenters. The van der Waals surface area contributed by atoms with Gasteiger partial charge in [-0.1, -0.05) is 59.8 Å². The number of aliphatic imine (C=N–C) groups is 1. The Labute approximate surface area is 167 Å². The molecule has 0 spiro atoms. The van der Waals surface area contributed by atoms with E-state index < -0.39 is 9.84 Å². The number of amidine groups is 1. The number of anilines is 1. The van der Waals surface area contributed by atoms with Crippen LogP contribution < -0.4 is 4.90 Å². The van der Waals surface area contributed by atoms with Crippen LogP contribution in [-0.4, -0.2) is 42.3 Å². The molecule has 0 saturated carbocycles. The van der Waals surface area contributed by atoms with Gasteiger partial charge in [-0.25, -0.2) is 8.42 Å². The van der Waals surface area contributed by atoms with Crippen LogP contribution >= 0.6 is 23.4 Å². The molecule has 140 valence electrons. The van der Waals surface area contributed by atoms with Crippen molar-refractivity contribution >= 4 is 50.0 Å². The Bertz CT molecular complexity index is 1010. The normalized spacial score (nSPS) is 24.9. The van der Waals surface area contributed by atoms with Crippen molar-refractivity contribution in [1.29, 1.82) is 0 Å². The molecule has 5 nitrogen and oxygen atoms in total. The number of halogens is 1. The van der Waals surface area contributed by atoms with Gasteiger partial charge in [-0.2, -0.15) is 4.99 Å². The third-order valence-corrected chi connectivity index (χ3v) is 8.20. The van der Waals surface area contributed by atoms with E-state index in [1.165, 1.54) is 11.8 Å². The van der Waals surface area contributed by atoms with Crippen LogP contribution in [0.1, 0.15) is 5.56 Å². The lowest BCUT2D eigenvalue weighted by Gasteiger charge is -2.24. The molecular weight excluding hydrogens is 404 g/mol. The quantitative estimate of drug-likeness (QED) is 0.762. The van der Waals surface area contributed by atoms with Gasteiger partial charge >= 0.3 is 0 Å². The predicted molar refractivity (Wildman–Crippen MR) is 110 cm³/mol. The number of nitrogens with zero attached hydrogens (tertiary/aromatic N) is 2. The monoisotopic (exact) mass is 420 g/mol. The fourth-order valence-electron chi connectivity index (χ4n) is 3.41. The standard InChI is InChI=1S/C19H17ClN2O3S2/c20-15-9-5-4-6-13(15)10-18(23)21-19-22(14-7-2-1-3-8-14)16-11-27(24,25)12-17(16)26-19/h1-9,16-17H,10-12H2/t16-,17-/m0/s1. The molecule has 0 bridgehead atoms. The van der Waals surface area contributed by atoms with Gasteiger partial charge in [-0.05, 0) is 23.8 Å². The van der Waals surface area contributed by atoms with E-state index >= 15 is 0 Å². The Hall–Kier alpha value is -1.83. The van der Waals surface area contributed by atoms with Crippen molar-refractivity contribution in [3.8, 4) is 0 Å². The lowest BCUT2D eigenvalue weighted by molar-refractivity contribution is -0.117. The molecule has 0 aliphatic carbocycles. The molecule has 0 radical (unpaired) electrons. The highest BCUT2D eigenvalue weighted by Crippen LogP contribution is 2.40. The number of benzene rings is 2. The van der Waals surface area contributed by atoms with Crippen LogP contribution in [0.15, 0.2) is 59.6 Å². The number of amides is 1. The average Bonchev–Trinajstić information content (AvgIpc) is 3.08. The van der Waals surface area contributed by atoms with Gasteiger partial charge in [-0.3, -0.25) is 4.79 Å². The van der Waals surface area contributed by atoms with Gasteiger partial charge in [-0.15, -0.1) is 0 Å². The third-order valence-electron chi connectivity index (χ3n) is 4.62. The van der Waals surface area contributed by atoms with E-state index in [0.29, 0.717) is 10.2 Å². The summed E-state index contributed by atoms with van der Waals surface area (Å²) in [4.78, 5) is 18.7. The van der Waals surface area contributed by atoms with Gasteiger partial charge in [0, 0.05) is 16.0 Å². The van der Waals surface area contributed by atoms with Crippen LogP contribution in [0.25, 0.3) is 0 Å². The smallest absolute Gasteiger partial charge is 0.252 e. The second kappa shape index (κ2) is 7.30. The number of para-hydroxylation sites is 1. The average molecular weight is 421 g/mol. The summed E-state index contributed by atoms with van der Waals surface area (Å²) in [6, 6.07) is 16.5. The number of fused-ring (bicyclic) bond motifs is 1. The first-order valence-electron chi connectivity index (χ1n) is 8.49. The van der Waals surface area contributed by atoms with Gasteiger partial charge in [0.2, 0.25) is 0 Å². The van der Waals surface area contributed by atoms with Crippen molar-refractivity contribution in [2.75, 3.05) is 16.4 Å². The van der Waals surface area contributed by atoms with Crippen LogP contribution in [0.4, 0.5) is 5.69 Å². The van der Waals surface area contributed by atoms with Crippen LogP contribution in [0.3, 0.4) is 0 Å². The molecule has 8 heteroatoms. The van der Waals surface area contributed by atoms with Crippen LogP contribution in [0.5, 0.6) is 0 Å². The van der Waals surface area contributed by atoms with Crippen molar-refractivity contribution in [3.63, 3.8) is 0 Å². The highest BCUT2D eigenvalue weighted by atomic mass is 35.5.